The third kappa shape index (κ3) is 6.24. The molecule has 2 unspecified atom stereocenters. The van der Waals surface area contributed by atoms with Crippen LogP contribution in [-0.2, 0) is 4.74 Å². The largest absolute Gasteiger partial charge is 0.465 e. The Bertz CT molecular complexity index is 678. The number of aliphatic hydroxyl groups excluding tert-OH is 1. The summed E-state index contributed by atoms with van der Waals surface area (Å²) in [5.74, 6) is -0.548. The average molecular weight is 418 g/mol. The van der Waals surface area contributed by atoms with Crippen LogP contribution in [-0.4, -0.2) is 54.4 Å². The molecule has 1 aromatic rings. The Morgan fingerprint density at radius 1 is 1.31 bits per heavy atom. The molecule has 164 valence electrons. The van der Waals surface area contributed by atoms with E-state index in [0.29, 0.717) is 43.1 Å². The molecule has 0 radical (unpaired) electrons. The molecule has 1 aromatic carbocycles. The van der Waals surface area contributed by atoms with E-state index >= 15 is 0 Å². The van der Waals surface area contributed by atoms with Crippen molar-refractivity contribution in [1.29, 1.82) is 0 Å². The Balaban J connectivity index is 2.35. The number of nitrogens with zero attached hydrogens (tertiary/aromatic N) is 1. The monoisotopic (exact) mass is 418 g/mol. The van der Waals surface area contributed by atoms with Crippen molar-refractivity contribution in [2.24, 2.45) is 0 Å². The van der Waals surface area contributed by atoms with Gasteiger partial charge in [-0.25, -0.2) is 4.79 Å². The van der Waals surface area contributed by atoms with E-state index in [4.69, 9.17) is 4.74 Å². The van der Waals surface area contributed by atoms with Gasteiger partial charge in [-0.1, -0.05) is 13.0 Å². The molecule has 0 spiro atoms. The van der Waals surface area contributed by atoms with Crippen molar-refractivity contribution in [3.63, 3.8) is 0 Å². The molecule has 1 aliphatic heterocycles. The van der Waals surface area contributed by atoms with E-state index in [2.05, 4.69) is 10.2 Å². The topological polar surface area (TPSA) is 82.0 Å². The summed E-state index contributed by atoms with van der Waals surface area (Å²) in [7, 11) is 0. The Hall–Kier alpha value is -2.00. The summed E-state index contributed by atoms with van der Waals surface area (Å²) in [6.07, 6.45) is -6.79. The number of carboxylic acid groups (broad SMARTS) is 1. The van der Waals surface area contributed by atoms with Gasteiger partial charge in [0.1, 0.15) is 6.10 Å². The highest BCUT2D eigenvalue weighted by Gasteiger charge is 2.39. The molecule has 3 N–H and O–H groups in total. The van der Waals surface area contributed by atoms with Gasteiger partial charge in [0.15, 0.2) is 0 Å². The molecule has 2 atom stereocenters. The van der Waals surface area contributed by atoms with Gasteiger partial charge in [-0.05, 0) is 56.2 Å². The van der Waals surface area contributed by atoms with E-state index in [1.807, 2.05) is 6.92 Å². The normalized spacial score (nSPS) is 17.6. The first kappa shape index (κ1) is 23.3. The molecule has 1 amide bonds. The number of anilines is 2. The van der Waals surface area contributed by atoms with Crippen LogP contribution in [0.15, 0.2) is 18.2 Å². The minimum absolute atomic E-state index is 0.197. The fourth-order valence-corrected chi connectivity index (χ4v) is 3.84. The first-order valence-corrected chi connectivity index (χ1v) is 9.90. The first-order chi connectivity index (χ1) is 13.7. The van der Waals surface area contributed by atoms with E-state index in [-0.39, 0.29) is 6.04 Å². The van der Waals surface area contributed by atoms with Gasteiger partial charge >= 0.3 is 12.3 Å². The fraction of sp³-hybridized carbons (Fsp3) is 0.650. The molecule has 6 nitrogen and oxygen atoms in total. The smallest absolute Gasteiger partial charge is 0.414 e. The molecule has 2 rings (SSSR count). The van der Waals surface area contributed by atoms with Crippen molar-refractivity contribution in [1.82, 2.24) is 0 Å². The number of hydrogen-bond acceptors (Lipinski definition) is 4. The maximum Gasteiger partial charge on any atom is 0.414 e. The molecular weight excluding hydrogens is 389 g/mol. The molecular formula is C20H29F3N2O4. The van der Waals surface area contributed by atoms with Crippen molar-refractivity contribution in [2.45, 2.75) is 63.8 Å². The van der Waals surface area contributed by atoms with Crippen molar-refractivity contribution >= 4 is 17.5 Å². The van der Waals surface area contributed by atoms with Gasteiger partial charge in [0, 0.05) is 25.8 Å². The number of hydrogen-bond donors (Lipinski definition) is 3. The van der Waals surface area contributed by atoms with Crippen molar-refractivity contribution in [2.75, 3.05) is 30.0 Å². The van der Waals surface area contributed by atoms with Crippen molar-refractivity contribution in [3.8, 4) is 0 Å². The van der Waals surface area contributed by atoms with E-state index in [9.17, 15) is 28.2 Å². The zero-order valence-corrected chi connectivity index (χ0v) is 16.7. The van der Waals surface area contributed by atoms with Crippen molar-refractivity contribution in [3.05, 3.63) is 23.8 Å². The second-order valence-corrected chi connectivity index (χ2v) is 7.23. The zero-order chi connectivity index (χ0) is 21.6. The molecule has 1 aliphatic rings. The Morgan fingerprint density at radius 3 is 2.48 bits per heavy atom. The Labute approximate surface area is 168 Å². The van der Waals surface area contributed by atoms with Gasteiger partial charge in [-0.3, -0.25) is 5.32 Å². The lowest BCUT2D eigenvalue weighted by Crippen LogP contribution is -2.40. The second-order valence-electron chi connectivity index (χ2n) is 7.23. The summed E-state index contributed by atoms with van der Waals surface area (Å²) in [5, 5.41) is 21.1. The number of benzene rings is 1. The molecule has 29 heavy (non-hydrogen) atoms. The summed E-state index contributed by atoms with van der Waals surface area (Å²) in [6, 6.07) is 5.26. The molecule has 1 saturated heterocycles. The minimum atomic E-state index is -4.68. The quantitative estimate of drug-likeness (QED) is 0.575. The Kier molecular flexibility index (Phi) is 8.15. The lowest BCUT2D eigenvalue weighted by atomic mass is 9.89. The van der Waals surface area contributed by atoms with Crippen LogP contribution in [0.3, 0.4) is 0 Å². The average Bonchev–Trinajstić information content (AvgIpc) is 2.67. The standard InChI is InChI=1S/C20H29F3N2O4/c1-3-13(12-18(26)20(21,22)23)14-5-6-17(16(11-14)24-19(27)28)25(4-2)15-7-9-29-10-8-15/h5-6,11,13,15,18,24,26H,3-4,7-10,12H2,1-2H3,(H,27,28). The van der Waals surface area contributed by atoms with Gasteiger partial charge in [-0.2, -0.15) is 13.2 Å². The summed E-state index contributed by atoms with van der Waals surface area (Å²) < 4.78 is 43.7. The summed E-state index contributed by atoms with van der Waals surface area (Å²) in [4.78, 5) is 13.4. The third-order valence-electron chi connectivity index (χ3n) is 5.39. The highest BCUT2D eigenvalue weighted by Crippen LogP contribution is 2.37. The number of carbonyl (C=O) groups is 1. The van der Waals surface area contributed by atoms with Crippen LogP contribution in [0.5, 0.6) is 0 Å². The predicted molar refractivity (Wildman–Crippen MR) is 105 cm³/mol. The molecule has 0 aromatic heterocycles. The molecule has 1 heterocycles. The highest BCUT2D eigenvalue weighted by atomic mass is 19.4. The van der Waals surface area contributed by atoms with Gasteiger partial charge in [0.25, 0.3) is 0 Å². The molecule has 9 heteroatoms. The summed E-state index contributed by atoms with van der Waals surface area (Å²) in [5.41, 5.74) is 1.59. The summed E-state index contributed by atoms with van der Waals surface area (Å²) >= 11 is 0. The molecule has 0 bridgehead atoms. The molecule has 0 aliphatic carbocycles. The lowest BCUT2D eigenvalue weighted by Gasteiger charge is -2.36. The third-order valence-corrected chi connectivity index (χ3v) is 5.39. The zero-order valence-electron chi connectivity index (χ0n) is 16.7. The number of rotatable bonds is 8. The molecule has 0 saturated carbocycles. The maximum atomic E-state index is 12.8. The van der Waals surface area contributed by atoms with Crippen LogP contribution in [0.1, 0.15) is 51.0 Å². The number of aliphatic hydroxyl groups is 1. The second kappa shape index (κ2) is 10.2. The fourth-order valence-electron chi connectivity index (χ4n) is 3.84. The SMILES string of the molecule is CCC(CC(O)C(F)(F)F)c1ccc(N(CC)C2CCOCC2)c(NC(=O)O)c1. The highest BCUT2D eigenvalue weighted by molar-refractivity contribution is 5.89. The van der Waals surface area contributed by atoms with Crippen LogP contribution in [0, 0.1) is 0 Å². The Morgan fingerprint density at radius 2 is 1.97 bits per heavy atom. The van der Waals surface area contributed by atoms with Crippen molar-refractivity contribution < 1.29 is 32.9 Å². The van der Waals surface area contributed by atoms with E-state index in [0.717, 1.165) is 12.8 Å². The maximum absolute atomic E-state index is 12.8. The number of ether oxygens (including phenoxy) is 1. The van der Waals surface area contributed by atoms with Crippen LogP contribution in [0.4, 0.5) is 29.3 Å². The first-order valence-electron chi connectivity index (χ1n) is 9.90. The van der Waals surface area contributed by atoms with Gasteiger partial charge in [0.2, 0.25) is 0 Å². The number of nitrogens with one attached hydrogen (secondary N) is 1. The molecule has 1 fully saturated rings. The number of alkyl halides is 3. The summed E-state index contributed by atoms with van der Waals surface area (Å²) in [6.45, 7) is 5.64. The van der Waals surface area contributed by atoms with E-state index in [1.54, 1.807) is 25.1 Å². The number of amides is 1. The van der Waals surface area contributed by atoms with Crippen LogP contribution >= 0.6 is 0 Å². The van der Waals surface area contributed by atoms with E-state index < -0.39 is 30.7 Å². The lowest BCUT2D eigenvalue weighted by molar-refractivity contribution is -0.206. The van der Waals surface area contributed by atoms with E-state index in [1.165, 1.54) is 0 Å². The van der Waals surface area contributed by atoms with Crippen LogP contribution in [0.25, 0.3) is 0 Å². The van der Waals surface area contributed by atoms with Gasteiger partial charge < -0.3 is 19.8 Å². The predicted octanol–water partition coefficient (Wildman–Crippen LogP) is 4.59. The van der Waals surface area contributed by atoms with Crippen LogP contribution < -0.4 is 10.2 Å². The number of halogens is 3. The minimum Gasteiger partial charge on any atom is -0.465 e. The van der Waals surface area contributed by atoms with Gasteiger partial charge in [-0.15, -0.1) is 0 Å². The van der Waals surface area contributed by atoms with Crippen LogP contribution in [0.2, 0.25) is 0 Å². The van der Waals surface area contributed by atoms with Gasteiger partial charge in [0.05, 0.1) is 11.4 Å².